The second-order valence-corrected chi connectivity index (χ2v) is 11.9. The van der Waals surface area contributed by atoms with Crippen LogP contribution in [0.2, 0.25) is 0 Å². The summed E-state index contributed by atoms with van der Waals surface area (Å²) in [5.74, 6) is 0.461. The maximum Gasteiger partial charge on any atom is 0.266 e. The Morgan fingerprint density at radius 2 is 1.39 bits per heavy atom. The molecule has 0 aliphatic carbocycles. The summed E-state index contributed by atoms with van der Waals surface area (Å²) in [5.41, 5.74) is 2.91. The van der Waals surface area contributed by atoms with Gasteiger partial charge < -0.3 is 0 Å². The van der Waals surface area contributed by atoms with E-state index in [4.69, 9.17) is 4.99 Å². The first-order chi connectivity index (χ1) is 13.2. The first-order valence-corrected chi connectivity index (χ1v) is 13.2. The molecule has 0 unspecified atom stereocenters. The van der Waals surface area contributed by atoms with Crippen LogP contribution in [0.15, 0.2) is 54.5 Å². The topological polar surface area (TPSA) is 32.7 Å². The van der Waals surface area contributed by atoms with Gasteiger partial charge in [0.05, 0.1) is 16.9 Å². The van der Waals surface area contributed by atoms with Crippen molar-refractivity contribution in [2.24, 2.45) is 4.99 Å². The van der Waals surface area contributed by atoms with Gasteiger partial charge in [0.15, 0.2) is 0 Å². The molecule has 2 aliphatic rings. The largest absolute Gasteiger partial charge is 0.268 e. The van der Waals surface area contributed by atoms with Crippen LogP contribution in [0.4, 0.5) is 11.4 Å². The summed E-state index contributed by atoms with van der Waals surface area (Å²) in [7, 11) is 0. The third kappa shape index (κ3) is 2.64. The van der Waals surface area contributed by atoms with Crippen LogP contribution in [0.3, 0.4) is 0 Å². The molecule has 0 N–H and O–H groups in total. The number of aliphatic imine (C=N–C) groups is 1. The fourth-order valence-electron chi connectivity index (χ4n) is 3.50. The molecular formula is C18H3Br7N2O. The number of hydrogen-bond acceptors (Lipinski definition) is 2. The minimum atomic E-state index is -0.132. The van der Waals surface area contributed by atoms with Crippen LogP contribution >= 0.6 is 112 Å². The molecule has 28 heavy (non-hydrogen) atoms. The Morgan fingerprint density at radius 3 is 2.07 bits per heavy atom. The predicted octanol–water partition coefficient (Wildman–Crippen LogP) is 9.23. The van der Waals surface area contributed by atoms with E-state index in [1.54, 1.807) is 4.90 Å². The standard InChI is InChI=1S/C18H3Br7N2O/c19-4-1-5-6(20)3-7(21)16-9(5)8(2-4)26-17-10-11(18(28)27(16)17)13(23)15(25)14(24)12(10)22/h1-3H. The molecule has 1 amide bonds. The maximum absolute atomic E-state index is 13.5. The molecule has 0 fully saturated rings. The van der Waals surface area contributed by atoms with Crippen molar-refractivity contribution in [3.05, 3.63) is 60.6 Å². The van der Waals surface area contributed by atoms with Crippen molar-refractivity contribution in [2.45, 2.75) is 0 Å². The van der Waals surface area contributed by atoms with E-state index in [1.807, 2.05) is 18.2 Å². The summed E-state index contributed by atoms with van der Waals surface area (Å²) in [4.78, 5) is 20.1. The van der Waals surface area contributed by atoms with Crippen LogP contribution in [0.25, 0.3) is 10.8 Å². The van der Waals surface area contributed by atoms with Crippen molar-refractivity contribution in [1.82, 2.24) is 0 Å². The lowest BCUT2D eigenvalue weighted by Crippen LogP contribution is -2.32. The highest BCUT2D eigenvalue weighted by atomic mass is 79.9. The van der Waals surface area contributed by atoms with Gasteiger partial charge >= 0.3 is 0 Å². The number of halogens is 7. The molecule has 0 saturated carbocycles. The van der Waals surface area contributed by atoms with Crippen molar-refractivity contribution < 1.29 is 4.79 Å². The van der Waals surface area contributed by atoms with E-state index in [-0.39, 0.29) is 5.91 Å². The zero-order valence-electron chi connectivity index (χ0n) is 13.2. The van der Waals surface area contributed by atoms with Crippen molar-refractivity contribution in [3.8, 4) is 0 Å². The first kappa shape index (κ1) is 20.3. The normalized spacial score (nSPS) is 14.5. The summed E-state index contributed by atoms with van der Waals surface area (Å²) in [6.07, 6.45) is 0. The number of benzene rings is 3. The van der Waals surface area contributed by atoms with E-state index in [9.17, 15) is 4.79 Å². The minimum absolute atomic E-state index is 0.132. The molecule has 10 heteroatoms. The van der Waals surface area contributed by atoms with Gasteiger partial charge in [0.1, 0.15) is 5.84 Å². The van der Waals surface area contributed by atoms with Crippen molar-refractivity contribution >= 4 is 145 Å². The number of carbonyl (C=O) groups is 1. The van der Waals surface area contributed by atoms with Gasteiger partial charge in [-0.05, 0) is 97.8 Å². The van der Waals surface area contributed by atoms with Crippen molar-refractivity contribution in [2.75, 3.05) is 4.90 Å². The summed E-state index contributed by atoms with van der Waals surface area (Å²) in [6, 6.07) is 5.95. The molecule has 0 atom stereocenters. The zero-order valence-corrected chi connectivity index (χ0v) is 24.3. The van der Waals surface area contributed by atoms with Gasteiger partial charge in [-0.25, -0.2) is 4.99 Å². The van der Waals surface area contributed by atoms with Crippen molar-refractivity contribution in [3.63, 3.8) is 0 Å². The third-order valence-electron chi connectivity index (χ3n) is 4.63. The minimum Gasteiger partial charge on any atom is -0.268 e. The van der Waals surface area contributed by atoms with Gasteiger partial charge in [0, 0.05) is 47.6 Å². The molecule has 3 nitrogen and oxygen atoms in total. The molecular weight excluding hydrogens is 820 g/mol. The molecule has 5 rings (SSSR count). The van der Waals surface area contributed by atoms with E-state index < -0.39 is 0 Å². The highest BCUT2D eigenvalue weighted by Crippen LogP contribution is 2.53. The van der Waals surface area contributed by atoms with Crippen LogP contribution in [0.5, 0.6) is 0 Å². The summed E-state index contributed by atoms with van der Waals surface area (Å²) in [5, 5.41) is 1.90. The smallest absolute Gasteiger partial charge is 0.266 e. The fraction of sp³-hybridized carbons (Fsp3) is 0. The fourth-order valence-corrected chi connectivity index (χ4v) is 7.87. The van der Waals surface area contributed by atoms with Gasteiger partial charge in [-0.15, -0.1) is 0 Å². The number of nitrogens with zero attached hydrogens (tertiary/aromatic N) is 2. The lowest BCUT2D eigenvalue weighted by molar-refractivity contribution is 0.101. The predicted molar refractivity (Wildman–Crippen MR) is 137 cm³/mol. The van der Waals surface area contributed by atoms with Gasteiger partial charge in [0.25, 0.3) is 5.91 Å². The first-order valence-electron chi connectivity index (χ1n) is 7.63. The van der Waals surface area contributed by atoms with E-state index in [0.29, 0.717) is 15.9 Å². The molecule has 0 radical (unpaired) electrons. The van der Waals surface area contributed by atoms with E-state index >= 15 is 0 Å². The average Bonchev–Trinajstić information content (AvgIpc) is 2.93. The lowest BCUT2D eigenvalue weighted by Gasteiger charge is -2.26. The molecule has 3 aromatic rings. The second-order valence-electron chi connectivity index (χ2n) is 6.12. The summed E-state index contributed by atoms with van der Waals surface area (Å²) >= 11 is 25.2. The monoisotopic (exact) mass is 815 g/mol. The van der Waals surface area contributed by atoms with Crippen LogP contribution in [-0.2, 0) is 0 Å². The third-order valence-corrected chi connectivity index (χ3v) is 11.1. The number of fused-ring (bicyclic) bond motifs is 4. The average molecular weight is 823 g/mol. The molecule has 3 aromatic carbocycles. The molecule has 140 valence electrons. The number of amidine groups is 1. The van der Waals surface area contributed by atoms with Gasteiger partial charge in [-0.2, -0.15) is 0 Å². The number of rotatable bonds is 0. The quantitative estimate of drug-likeness (QED) is 0.165. The number of hydrogen-bond donors (Lipinski definition) is 0. The molecule has 0 spiro atoms. The number of anilines is 1. The number of amides is 1. The van der Waals surface area contributed by atoms with E-state index in [0.717, 1.165) is 54.5 Å². The van der Waals surface area contributed by atoms with Crippen LogP contribution < -0.4 is 4.90 Å². The van der Waals surface area contributed by atoms with Gasteiger partial charge in [-0.1, -0.05) is 31.9 Å². The summed E-state index contributed by atoms with van der Waals surface area (Å²) in [6.45, 7) is 0. The van der Waals surface area contributed by atoms with E-state index in [2.05, 4.69) is 112 Å². The maximum atomic E-state index is 13.5. The molecule has 2 aliphatic heterocycles. The zero-order chi connectivity index (χ0) is 20.1. The number of carbonyl (C=O) groups excluding carboxylic acids is 1. The molecule has 0 saturated heterocycles. The van der Waals surface area contributed by atoms with Crippen LogP contribution in [0, 0.1) is 0 Å². The Labute approximate surface area is 218 Å². The molecule has 2 heterocycles. The van der Waals surface area contributed by atoms with Gasteiger partial charge in [-0.3, -0.25) is 9.69 Å². The second kappa shape index (κ2) is 6.97. The Morgan fingerprint density at radius 1 is 0.750 bits per heavy atom. The van der Waals surface area contributed by atoms with Gasteiger partial charge in [0.2, 0.25) is 0 Å². The Kier molecular flexibility index (Phi) is 5.06. The highest BCUT2D eigenvalue weighted by molar-refractivity contribution is 9.15. The highest BCUT2D eigenvalue weighted by Gasteiger charge is 2.43. The Balaban J connectivity index is 1.97. The summed E-state index contributed by atoms with van der Waals surface area (Å²) < 4.78 is 5.71. The lowest BCUT2D eigenvalue weighted by atomic mass is 10.0. The van der Waals surface area contributed by atoms with Crippen LogP contribution in [-0.4, -0.2) is 11.7 Å². The van der Waals surface area contributed by atoms with Crippen molar-refractivity contribution in [1.29, 1.82) is 0 Å². The van der Waals surface area contributed by atoms with Crippen LogP contribution in [0.1, 0.15) is 15.9 Å². The Bertz CT molecular complexity index is 1320. The SMILES string of the molecule is O=C1c2c(Br)c(Br)c(Br)c(Br)c2C2=Nc3cc(Br)cc4c(Br)cc(Br)c(c34)N12. The Hall–Kier alpha value is 0.420. The van der Waals surface area contributed by atoms with E-state index in [1.165, 1.54) is 0 Å². The molecule has 0 bridgehead atoms. The molecule has 0 aromatic heterocycles.